The van der Waals surface area contributed by atoms with E-state index in [2.05, 4.69) is 42.2 Å². The van der Waals surface area contributed by atoms with Crippen molar-refractivity contribution in [2.75, 3.05) is 13.1 Å². The van der Waals surface area contributed by atoms with Crippen molar-refractivity contribution in [3.8, 4) is 6.07 Å². The lowest BCUT2D eigenvalue weighted by Gasteiger charge is -2.28. The minimum atomic E-state index is 0.204. The van der Waals surface area contributed by atoms with Crippen molar-refractivity contribution >= 4 is 0 Å². The molecule has 0 bridgehead atoms. The molecule has 4 heteroatoms. The molecule has 1 aromatic rings. The first kappa shape index (κ1) is 13.1. The largest absolute Gasteiger partial charge is 0.296 e. The maximum Gasteiger partial charge on any atom is 0.0764 e. The van der Waals surface area contributed by atoms with E-state index < -0.39 is 0 Å². The van der Waals surface area contributed by atoms with Crippen LogP contribution in [0.5, 0.6) is 0 Å². The summed E-state index contributed by atoms with van der Waals surface area (Å²) in [5.74, 6) is 0.204. The van der Waals surface area contributed by atoms with Gasteiger partial charge in [-0.2, -0.15) is 10.4 Å². The zero-order valence-corrected chi connectivity index (χ0v) is 11.3. The van der Waals surface area contributed by atoms with Crippen molar-refractivity contribution in [2.24, 2.45) is 5.92 Å². The number of hydrogen-bond acceptors (Lipinski definition) is 3. The quantitative estimate of drug-likeness (QED) is 0.820. The monoisotopic (exact) mass is 246 g/mol. The Balaban J connectivity index is 1.93. The molecule has 0 aliphatic carbocycles. The summed E-state index contributed by atoms with van der Waals surface area (Å²) in [4.78, 5) is 2.35. The van der Waals surface area contributed by atoms with Crippen LogP contribution >= 0.6 is 0 Å². The van der Waals surface area contributed by atoms with E-state index in [9.17, 15) is 0 Å². The van der Waals surface area contributed by atoms with Gasteiger partial charge in [0.05, 0.1) is 17.7 Å². The molecule has 2 unspecified atom stereocenters. The zero-order chi connectivity index (χ0) is 13.0. The lowest BCUT2D eigenvalue weighted by molar-refractivity contribution is 0.189. The first-order valence-corrected chi connectivity index (χ1v) is 6.89. The van der Waals surface area contributed by atoms with Gasteiger partial charge in [0.25, 0.3) is 0 Å². The van der Waals surface area contributed by atoms with E-state index in [-0.39, 0.29) is 5.92 Å². The summed E-state index contributed by atoms with van der Waals surface area (Å²) in [5, 5.41) is 13.6. The van der Waals surface area contributed by atoms with E-state index in [1.54, 1.807) is 0 Å². The summed E-state index contributed by atoms with van der Waals surface area (Å²) in [7, 11) is 0. The lowest BCUT2D eigenvalue weighted by Crippen LogP contribution is -2.34. The number of likely N-dealkylation sites (tertiary alicyclic amines) is 1. The minimum absolute atomic E-state index is 0.204. The second-order valence-corrected chi connectivity index (χ2v) is 5.25. The van der Waals surface area contributed by atoms with Gasteiger partial charge in [0.1, 0.15) is 0 Å². The molecule has 1 aromatic heterocycles. The third-order valence-electron chi connectivity index (χ3n) is 3.78. The number of piperidine rings is 1. The molecule has 1 fully saturated rings. The second kappa shape index (κ2) is 6.01. The fourth-order valence-corrected chi connectivity index (χ4v) is 2.43. The summed E-state index contributed by atoms with van der Waals surface area (Å²) in [5.41, 5.74) is 1.12. The van der Waals surface area contributed by atoms with Crippen LogP contribution in [0, 0.1) is 17.2 Å². The number of aromatic nitrogens is 2. The van der Waals surface area contributed by atoms with E-state index in [4.69, 9.17) is 5.26 Å². The van der Waals surface area contributed by atoms with Crippen LogP contribution in [0.15, 0.2) is 12.3 Å². The molecular formula is C14H22N4. The highest BCUT2D eigenvalue weighted by Gasteiger charge is 2.20. The fourth-order valence-electron chi connectivity index (χ4n) is 2.43. The van der Waals surface area contributed by atoms with Gasteiger partial charge in [-0.25, -0.2) is 0 Å². The fraction of sp³-hybridized carbons (Fsp3) is 0.714. The van der Waals surface area contributed by atoms with Crippen molar-refractivity contribution < 1.29 is 0 Å². The van der Waals surface area contributed by atoms with Gasteiger partial charge in [-0.3, -0.25) is 9.58 Å². The summed E-state index contributed by atoms with van der Waals surface area (Å²) in [6.07, 6.45) is 5.34. The number of rotatable bonds is 4. The predicted molar refractivity (Wildman–Crippen MR) is 70.8 cm³/mol. The normalized spacial score (nSPS) is 22.6. The number of hydrogen-bond donors (Lipinski definition) is 0. The minimum Gasteiger partial charge on any atom is -0.296 e. The highest BCUT2D eigenvalue weighted by Crippen LogP contribution is 2.18. The number of nitriles is 1. The summed E-state index contributed by atoms with van der Waals surface area (Å²) < 4.78 is 2.04. The van der Waals surface area contributed by atoms with Gasteiger partial charge < -0.3 is 0 Å². The molecule has 1 saturated heterocycles. The van der Waals surface area contributed by atoms with E-state index in [0.717, 1.165) is 44.6 Å². The molecule has 0 spiro atoms. The average molecular weight is 246 g/mol. The second-order valence-electron chi connectivity index (χ2n) is 5.25. The molecular weight excluding hydrogens is 224 g/mol. The molecule has 0 amide bonds. The SMILES string of the molecule is CCC(C)n1ccc(CN2CCCC(C#N)C2)n1. The van der Waals surface area contributed by atoms with Crippen LogP contribution < -0.4 is 0 Å². The van der Waals surface area contributed by atoms with Crippen LogP contribution in [0.1, 0.15) is 44.8 Å². The molecule has 4 nitrogen and oxygen atoms in total. The Morgan fingerprint density at radius 1 is 1.61 bits per heavy atom. The summed E-state index contributed by atoms with van der Waals surface area (Å²) in [6, 6.07) is 4.95. The Kier molecular flexibility index (Phi) is 4.38. The van der Waals surface area contributed by atoms with E-state index >= 15 is 0 Å². The van der Waals surface area contributed by atoms with Crippen molar-refractivity contribution in [2.45, 2.75) is 45.7 Å². The maximum absolute atomic E-state index is 8.99. The van der Waals surface area contributed by atoms with Crippen LogP contribution in [0.3, 0.4) is 0 Å². The third kappa shape index (κ3) is 3.11. The molecule has 98 valence electrons. The molecule has 2 atom stereocenters. The molecule has 1 aliphatic rings. The standard InChI is InChI=1S/C14H22N4/c1-3-12(2)18-8-6-14(16-18)11-17-7-4-5-13(9-15)10-17/h6,8,12-13H,3-5,7,10-11H2,1-2H3. The van der Waals surface area contributed by atoms with Gasteiger partial charge in [-0.1, -0.05) is 6.92 Å². The average Bonchev–Trinajstić information content (AvgIpc) is 2.86. The molecule has 0 saturated carbocycles. The maximum atomic E-state index is 8.99. The third-order valence-corrected chi connectivity index (χ3v) is 3.78. The molecule has 0 radical (unpaired) electrons. The van der Waals surface area contributed by atoms with Crippen molar-refractivity contribution in [1.29, 1.82) is 5.26 Å². The Morgan fingerprint density at radius 3 is 3.17 bits per heavy atom. The number of nitrogens with zero attached hydrogens (tertiary/aromatic N) is 4. The van der Waals surface area contributed by atoms with E-state index in [0.29, 0.717) is 6.04 Å². The Morgan fingerprint density at radius 2 is 2.44 bits per heavy atom. The first-order chi connectivity index (χ1) is 8.72. The molecule has 0 N–H and O–H groups in total. The van der Waals surface area contributed by atoms with E-state index in [1.807, 2.05) is 4.68 Å². The Labute approximate surface area is 109 Å². The van der Waals surface area contributed by atoms with Gasteiger partial charge in [0.15, 0.2) is 0 Å². The molecule has 0 aromatic carbocycles. The molecule has 1 aliphatic heterocycles. The zero-order valence-electron chi connectivity index (χ0n) is 11.3. The van der Waals surface area contributed by atoms with Gasteiger partial charge in [0.2, 0.25) is 0 Å². The highest BCUT2D eigenvalue weighted by atomic mass is 15.3. The van der Waals surface area contributed by atoms with Crippen LogP contribution in [0.25, 0.3) is 0 Å². The highest BCUT2D eigenvalue weighted by molar-refractivity contribution is 5.00. The van der Waals surface area contributed by atoms with Crippen LogP contribution in [-0.4, -0.2) is 27.8 Å². The molecule has 2 rings (SSSR count). The Hall–Kier alpha value is -1.34. The van der Waals surface area contributed by atoms with Crippen molar-refractivity contribution in [3.05, 3.63) is 18.0 Å². The van der Waals surface area contributed by atoms with Crippen molar-refractivity contribution in [3.63, 3.8) is 0 Å². The topological polar surface area (TPSA) is 44.9 Å². The summed E-state index contributed by atoms with van der Waals surface area (Å²) >= 11 is 0. The summed E-state index contributed by atoms with van der Waals surface area (Å²) in [6.45, 7) is 7.22. The van der Waals surface area contributed by atoms with Crippen LogP contribution in [0.4, 0.5) is 0 Å². The molecule has 2 heterocycles. The molecule has 18 heavy (non-hydrogen) atoms. The van der Waals surface area contributed by atoms with Gasteiger partial charge in [-0.15, -0.1) is 0 Å². The predicted octanol–water partition coefficient (Wildman–Crippen LogP) is 2.59. The van der Waals surface area contributed by atoms with E-state index in [1.165, 1.54) is 0 Å². The van der Waals surface area contributed by atoms with Gasteiger partial charge in [0, 0.05) is 25.3 Å². The first-order valence-electron chi connectivity index (χ1n) is 6.89. The lowest BCUT2D eigenvalue weighted by atomic mass is 10.00. The van der Waals surface area contributed by atoms with Gasteiger partial charge in [-0.05, 0) is 38.8 Å². The smallest absolute Gasteiger partial charge is 0.0764 e. The van der Waals surface area contributed by atoms with Gasteiger partial charge >= 0.3 is 0 Å². The Bertz CT molecular complexity index is 418. The van der Waals surface area contributed by atoms with Crippen LogP contribution in [0.2, 0.25) is 0 Å². The van der Waals surface area contributed by atoms with Crippen LogP contribution in [-0.2, 0) is 6.54 Å². The van der Waals surface area contributed by atoms with Crippen molar-refractivity contribution in [1.82, 2.24) is 14.7 Å².